The maximum atomic E-state index is 11.4. The fourth-order valence-corrected chi connectivity index (χ4v) is 4.91. The highest BCUT2D eigenvalue weighted by Crippen LogP contribution is 2.59. The normalized spacial score (nSPS) is 27.8. The van der Waals surface area contributed by atoms with Gasteiger partial charge in [0.25, 0.3) is 0 Å². The second-order valence-electron chi connectivity index (χ2n) is 7.68. The highest BCUT2D eigenvalue weighted by atomic mass is 31.2. The molecule has 5 nitrogen and oxygen atoms in total. The van der Waals surface area contributed by atoms with E-state index in [1.165, 1.54) is 5.56 Å². The Balaban J connectivity index is 1.91. The van der Waals surface area contributed by atoms with Gasteiger partial charge < -0.3 is 9.26 Å². The summed E-state index contributed by atoms with van der Waals surface area (Å²) in [6, 6.07) is 1.81. The molecule has 1 fully saturated rings. The molecule has 0 spiro atoms. The van der Waals surface area contributed by atoms with E-state index >= 15 is 0 Å². The highest BCUT2D eigenvalue weighted by Gasteiger charge is 2.42. The Morgan fingerprint density at radius 3 is 2.39 bits per heavy atom. The first-order valence-electron chi connectivity index (χ1n) is 8.37. The van der Waals surface area contributed by atoms with Gasteiger partial charge in [0.05, 0.1) is 0 Å². The van der Waals surface area contributed by atoms with Crippen LogP contribution in [0.3, 0.4) is 0 Å². The molecule has 6 heteroatoms. The van der Waals surface area contributed by atoms with Crippen molar-refractivity contribution in [1.29, 1.82) is 0 Å². The second-order valence-corrected chi connectivity index (χ2v) is 8.85. The topological polar surface area (TPSA) is 76.0 Å². The second kappa shape index (κ2) is 4.98. The van der Waals surface area contributed by atoms with Crippen LogP contribution in [0.15, 0.2) is 6.07 Å². The van der Waals surface area contributed by atoms with Crippen LogP contribution >= 0.6 is 7.82 Å². The Bertz CT molecular complexity index is 697. The molecule has 3 aliphatic carbocycles. The molecule has 126 valence electrons. The molecule has 23 heavy (non-hydrogen) atoms. The number of phosphoric acid groups is 1. The minimum Gasteiger partial charge on any atom is -0.487 e. The van der Waals surface area contributed by atoms with Crippen molar-refractivity contribution < 1.29 is 23.6 Å². The smallest absolute Gasteiger partial charge is 0.487 e. The summed E-state index contributed by atoms with van der Waals surface area (Å²) in [6.07, 6.45) is 6.14. The standard InChI is InChI=1S/C17H23O5P/c1-17(2)8-7-12-9-13(22-23(18,19)20)14-10-3-5-11(6-4-10)15(14)16(12)21-17/h9-11H,3-8H2,1-2H3,(H2,18,19,20). The van der Waals surface area contributed by atoms with Gasteiger partial charge in [-0.1, -0.05) is 0 Å². The van der Waals surface area contributed by atoms with E-state index in [1.807, 2.05) is 6.07 Å². The van der Waals surface area contributed by atoms with Crippen molar-refractivity contribution in [2.24, 2.45) is 0 Å². The Hall–Kier alpha value is -1.03. The van der Waals surface area contributed by atoms with Crippen molar-refractivity contribution >= 4 is 7.82 Å². The van der Waals surface area contributed by atoms with E-state index in [4.69, 9.17) is 9.26 Å². The van der Waals surface area contributed by atoms with E-state index < -0.39 is 7.82 Å². The van der Waals surface area contributed by atoms with Crippen molar-refractivity contribution in [3.8, 4) is 11.5 Å². The maximum absolute atomic E-state index is 11.4. The van der Waals surface area contributed by atoms with E-state index in [-0.39, 0.29) is 5.60 Å². The lowest BCUT2D eigenvalue weighted by molar-refractivity contribution is 0.0808. The molecule has 1 aliphatic heterocycles. The molecular weight excluding hydrogens is 315 g/mol. The molecule has 0 aromatic heterocycles. The van der Waals surface area contributed by atoms with Crippen LogP contribution in [0.25, 0.3) is 0 Å². The molecule has 5 rings (SSSR count). The van der Waals surface area contributed by atoms with Gasteiger partial charge in [0.1, 0.15) is 17.1 Å². The van der Waals surface area contributed by atoms with Crippen LogP contribution < -0.4 is 9.26 Å². The number of phosphoric ester groups is 1. The Morgan fingerprint density at radius 1 is 1.17 bits per heavy atom. The van der Waals surface area contributed by atoms with E-state index in [0.717, 1.165) is 55.4 Å². The molecule has 0 unspecified atom stereocenters. The molecule has 2 N–H and O–H groups in total. The number of benzene rings is 1. The quantitative estimate of drug-likeness (QED) is 0.797. The zero-order valence-corrected chi connectivity index (χ0v) is 14.4. The summed E-state index contributed by atoms with van der Waals surface area (Å²) in [5, 5.41) is 0. The highest BCUT2D eigenvalue weighted by molar-refractivity contribution is 7.46. The lowest BCUT2D eigenvalue weighted by Crippen LogP contribution is -2.35. The number of hydrogen-bond donors (Lipinski definition) is 2. The van der Waals surface area contributed by atoms with E-state index in [1.54, 1.807) is 0 Å². The Kier molecular flexibility index (Phi) is 3.36. The van der Waals surface area contributed by atoms with Gasteiger partial charge in [0.2, 0.25) is 0 Å². The number of rotatable bonds is 2. The van der Waals surface area contributed by atoms with Crippen molar-refractivity contribution in [3.63, 3.8) is 0 Å². The summed E-state index contributed by atoms with van der Waals surface area (Å²) in [4.78, 5) is 18.6. The van der Waals surface area contributed by atoms with Gasteiger partial charge in [-0.05, 0) is 75.8 Å². The summed E-state index contributed by atoms with van der Waals surface area (Å²) >= 11 is 0. The van der Waals surface area contributed by atoms with Gasteiger partial charge in [-0.2, -0.15) is 0 Å². The molecule has 1 aromatic rings. The van der Waals surface area contributed by atoms with Gasteiger partial charge >= 0.3 is 7.82 Å². The zero-order valence-electron chi connectivity index (χ0n) is 13.5. The fraction of sp³-hybridized carbons (Fsp3) is 0.647. The van der Waals surface area contributed by atoms with Crippen LogP contribution in [0.4, 0.5) is 0 Å². The molecule has 1 heterocycles. The zero-order chi connectivity index (χ0) is 16.4. The Labute approximate surface area is 136 Å². The van der Waals surface area contributed by atoms with Crippen molar-refractivity contribution in [1.82, 2.24) is 0 Å². The molecular formula is C17H23O5P. The van der Waals surface area contributed by atoms with Crippen molar-refractivity contribution in [2.45, 2.75) is 69.8 Å². The van der Waals surface area contributed by atoms with Gasteiger partial charge in [-0.3, -0.25) is 9.79 Å². The van der Waals surface area contributed by atoms with Crippen LogP contribution in [0, 0.1) is 0 Å². The van der Waals surface area contributed by atoms with Crippen molar-refractivity contribution in [2.75, 3.05) is 0 Å². The van der Waals surface area contributed by atoms with Gasteiger partial charge in [-0.25, -0.2) is 4.57 Å². The summed E-state index contributed by atoms with van der Waals surface area (Å²) in [6.45, 7) is 4.20. The minimum absolute atomic E-state index is 0.191. The first kappa shape index (κ1) is 15.5. The SMILES string of the molecule is CC1(C)CCc2cc(OP(=O)(O)O)c3c(c2O1)C1CCC3CC1. The van der Waals surface area contributed by atoms with E-state index in [9.17, 15) is 14.4 Å². The summed E-state index contributed by atoms with van der Waals surface area (Å²) < 4.78 is 22.8. The lowest BCUT2D eigenvalue weighted by Gasteiger charge is -2.43. The first-order chi connectivity index (χ1) is 10.7. The monoisotopic (exact) mass is 338 g/mol. The lowest BCUT2D eigenvalue weighted by atomic mass is 9.65. The number of aryl methyl sites for hydroxylation is 1. The number of ether oxygens (including phenoxy) is 1. The predicted molar refractivity (Wildman–Crippen MR) is 86.1 cm³/mol. The third-order valence-electron chi connectivity index (χ3n) is 5.53. The average Bonchev–Trinajstić information content (AvgIpc) is 2.47. The Morgan fingerprint density at radius 2 is 1.78 bits per heavy atom. The van der Waals surface area contributed by atoms with Crippen LogP contribution in [0.5, 0.6) is 11.5 Å². The van der Waals surface area contributed by atoms with Crippen LogP contribution in [-0.4, -0.2) is 15.4 Å². The summed E-state index contributed by atoms with van der Waals surface area (Å²) in [5.41, 5.74) is 3.00. The van der Waals surface area contributed by atoms with Crippen LogP contribution in [0.1, 0.15) is 74.5 Å². The fourth-order valence-electron chi connectivity index (χ4n) is 4.50. The third kappa shape index (κ3) is 2.69. The molecule has 0 atom stereocenters. The summed E-state index contributed by atoms with van der Waals surface area (Å²) in [5.74, 6) is 2.10. The molecule has 2 bridgehead atoms. The predicted octanol–water partition coefficient (Wildman–Crippen LogP) is 4.02. The maximum Gasteiger partial charge on any atom is 0.524 e. The van der Waals surface area contributed by atoms with E-state index in [2.05, 4.69) is 13.8 Å². The van der Waals surface area contributed by atoms with E-state index in [0.29, 0.717) is 17.6 Å². The minimum atomic E-state index is -4.56. The number of fused-ring (bicyclic) bond motifs is 3. The molecule has 4 aliphatic rings. The largest absolute Gasteiger partial charge is 0.524 e. The molecule has 0 amide bonds. The molecule has 0 saturated heterocycles. The third-order valence-corrected chi connectivity index (χ3v) is 5.97. The van der Waals surface area contributed by atoms with Gasteiger partial charge in [0.15, 0.2) is 0 Å². The van der Waals surface area contributed by atoms with Crippen molar-refractivity contribution in [3.05, 3.63) is 22.8 Å². The van der Waals surface area contributed by atoms with Crippen LogP contribution in [0.2, 0.25) is 0 Å². The molecule has 0 radical (unpaired) electrons. The first-order valence-corrected chi connectivity index (χ1v) is 9.90. The molecule has 1 aromatic carbocycles. The van der Waals surface area contributed by atoms with Gasteiger partial charge in [-0.15, -0.1) is 0 Å². The summed E-state index contributed by atoms with van der Waals surface area (Å²) in [7, 11) is -4.56. The average molecular weight is 338 g/mol. The van der Waals surface area contributed by atoms with Gasteiger partial charge in [0, 0.05) is 11.1 Å². The number of hydrogen-bond acceptors (Lipinski definition) is 3. The van der Waals surface area contributed by atoms with Crippen LogP contribution in [-0.2, 0) is 11.0 Å². The molecule has 1 saturated carbocycles.